The van der Waals surface area contributed by atoms with Gasteiger partial charge in [0.1, 0.15) is 5.54 Å². The quantitative estimate of drug-likeness (QED) is 0.627. The van der Waals surface area contributed by atoms with Crippen molar-refractivity contribution in [2.75, 3.05) is 7.05 Å². The van der Waals surface area contributed by atoms with Gasteiger partial charge in [-0.15, -0.1) is 0 Å². The van der Waals surface area contributed by atoms with Crippen molar-refractivity contribution in [3.8, 4) is 5.82 Å². The molecule has 1 unspecified atom stereocenters. The smallest absolute Gasteiger partial charge is 0.258 e. The van der Waals surface area contributed by atoms with E-state index < -0.39 is 5.54 Å². The van der Waals surface area contributed by atoms with Gasteiger partial charge < -0.3 is 4.90 Å². The maximum atomic E-state index is 13.6. The molecular formula is C23H23ClN4O2. The van der Waals surface area contributed by atoms with Gasteiger partial charge in [-0.05, 0) is 44.4 Å². The number of hydrogen-bond acceptors (Lipinski definition) is 4. The first-order valence-corrected chi connectivity index (χ1v) is 10.4. The van der Waals surface area contributed by atoms with Crippen LogP contribution in [0, 0.1) is 6.92 Å². The number of likely N-dealkylation sites (N-methyl/N-ethyl adjacent to an activating group) is 1. The highest BCUT2D eigenvalue weighted by Gasteiger charge is 2.48. The third-order valence-electron chi connectivity index (χ3n) is 5.96. The largest absolute Gasteiger partial charge is 0.325 e. The Morgan fingerprint density at radius 1 is 1.17 bits per heavy atom. The van der Waals surface area contributed by atoms with Gasteiger partial charge in [0.2, 0.25) is 0 Å². The SMILES string of the molecule is Cc1c(C(=O)N(C)C2(c3ccccc3Cl)CCCCC2=O)cnn1-c1ccccn1. The number of Topliss-reactive ketones (excluding diaryl/α,β-unsaturated/α-hetero) is 1. The molecule has 2 heterocycles. The number of pyridine rings is 1. The van der Waals surface area contributed by atoms with E-state index in [0.717, 1.165) is 12.8 Å². The average Bonchev–Trinajstić information content (AvgIpc) is 3.15. The predicted molar refractivity (Wildman–Crippen MR) is 115 cm³/mol. The number of benzene rings is 1. The van der Waals surface area contributed by atoms with Crippen LogP contribution in [0.1, 0.15) is 47.3 Å². The number of aromatic nitrogens is 3. The van der Waals surface area contributed by atoms with E-state index in [1.807, 2.05) is 43.3 Å². The van der Waals surface area contributed by atoms with Crippen LogP contribution in [0.15, 0.2) is 54.9 Å². The van der Waals surface area contributed by atoms with E-state index in [4.69, 9.17) is 11.6 Å². The average molecular weight is 423 g/mol. The van der Waals surface area contributed by atoms with Crippen LogP contribution in [0.5, 0.6) is 0 Å². The fourth-order valence-corrected chi connectivity index (χ4v) is 4.61. The molecule has 1 saturated carbocycles. The molecule has 1 fully saturated rings. The first-order valence-electron chi connectivity index (χ1n) is 9.99. The first-order chi connectivity index (χ1) is 14.5. The Labute approximate surface area is 180 Å². The molecule has 1 amide bonds. The van der Waals surface area contributed by atoms with Crippen LogP contribution < -0.4 is 0 Å². The van der Waals surface area contributed by atoms with Crippen LogP contribution in [0.3, 0.4) is 0 Å². The Hall–Kier alpha value is -2.99. The number of carbonyl (C=O) groups is 2. The van der Waals surface area contributed by atoms with Crippen molar-refractivity contribution in [3.05, 3.63) is 76.7 Å². The molecule has 0 aliphatic heterocycles. The second-order valence-electron chi connectivity index (χ2n) is 7.58. The Bertz CT molecular complexity index is 1100. The van der Waals surface area contributed by atoms with Crippen molar-refractivity contribution < 1.29 is 9.59 Å². The molecule has 1 atom stereocenters. The third-order valence-corrected chi connectivity index (χ3v) is 6.29. The zero-order chi connectivity index (χ0) is 21.3. The number of ketones is 1. The van der Waals surface area contributed by atoms with E-state index in [1.165, 1.54) is 6.20 Å². The van der Waals surface area contributed by atoms with E-state index in [9.17, 15) is 9.59 Å². The molecule has 1 aliphatic rings. The molecular weight excluding hydrogens is 400 g/mol. The van der Waals surface area contributed by atoms with E-state index in [2.05, 4.69) is 10.1 Å². The highest BCUT2D eigenvalue weighted by atomic mass is 35.5. The van der Waals surface area contributed by atoms with Gasteiger partial charge in [-0.1, -0.05) is 35.9 Å². The molecule has 3 aromatic rings. The first kappa shape index (κ1) is 20.3. The van der Waals surface area contributed by atoms with Gasteiger partial charge in [-0.3, -0.25) is 9.59 Å². The fraction of sp³-hybridized carbons (Fsp3) is 0.304. The third kappa shape index (κ3) is 3.21. The molecule has 2 aromatic heterocycles. The van der Waals surface area contributed by atoms with Gasteiger partial charge in [0.25, 0.3) is 5.91 Å². The van der Waals surface area contributed by atoms with Crippen LogP contribution >= 0.6 is 11.6 Å². The monoisotopic (exact) mass is 422 g/mol. The van der Waals surface area contributed by atoms with Crippen LogP contribution in [-0.4, -0.2) is 38.4 Å². The van der Waals surface area contributed by atoms with Crippen molar-refractivity contribution in [1.82, 2.24) is 19.7 Å². The topological polar surface area (TPSA) is 68.1 Å². The summed E-state index contributed by atoms with van der Waals surface area (Å²) in [7, 11) is 1.69. The fourth-order valence-electron chi connectivity index (χ4n) is 4.31. The molecule has 0 radical (unpaired) electrons. The van der Waals surface area contributed by atoms with E-state index in [-0.39, 0.29) is 11.7 Å². The van der Waals surface area contributed by atoms with E-state index in [1.54, 1.807) is 28.9 Å². The molecule has 1 aromatic carbocycles. The lowest BCUT2D eigenvalue weighted by Crippen LogP contribution is -2.54. The Kier molecular flexibility index (Phi) is 5.43. The molecule has 0 bridgehead atoms. The lowest BCUT2D eigenvalue weighted by Gasteiger charge is -2.44. The van der Waals surface area contributed by atoms with Crippen molar-refractivity contribution in [2.45, 2.75) is 38.1 Å². The van der Waals surface area contributed by atoms with Gasteiger partial charge in [0, 0.05) is 30.3 Å². The minimum Gasteiger partial charge on any atom is -0.325 e. The number of rotatable bonds is 4. The maximum Gasteiger partial charge on any atom is 0.258 e. The second kappa shape index (κ2) is 8.03. The second-order valence-corrected chi connectivity index (χ2v) is 7.99. The van der Waals surface area contributed by atoms with Crippen LogP contribution in [0.2, 0.25) is 5.02 Å². The standard InChI is InChI=1S/C23H23ClN4O2/c1-16-17(15-26-28(16)21-12-6-8-14-25-21)22(30)27(2)23(13-7-5-11-20(23)29)18-9-3-4-10-19(18)24/h3-4,6,8-10,12,14-15H,5,7,11,13H2,1-2H3. The van der Waals surface area contributed by atoms with E-state index >= 15 is 0 Å². The summed E-state index contributed by atoms with van der Waals surface area (Å²) in [5.41, 5.74) is 0.714. The molecule has 30 heavy (non-hydrogen) atoms. The minimum atomic E-state index is -1.08. The number of hydrogen-bond donors (Lipinski definition) is 0. The predicted octanol–water partition coefficient (Wildman–Crippen LogP) is 4.34. The summed E-state index contributed by atoms with van der Waals surface area (Å²) in [5.74, 6) is 0.392. The van der Waals surface area contributed by atoms with Gasteiger partial charge in [-0.25, -0.2) is 9.67 Å². The van der Waals surface area contributed by atoms with Crippen molar-refractivity contribution in [3.63, 3.8) is 0 Å². The lowest BCUT2D eigenvalue weighted by molar-refractivity contribution is -0.132. The van der Waals surface area contributed by atoms with Gasteiger partial charge in [0.15, 0.2) is 11.6 Å². The van der Waals surface area contributed by atoms with Crippen LogP contribution in [-0.2, 0) is 10.3 Å². The summed E-state index contributed by atoms with van der Waals surface area (Å²) in [6.07, 6.45) is 5.86. The van der Waals surface area contributed by atoms with Gasteiger partial charge in [0.05, 0.1) is 17.5 Å². The number of halogens is 1. The summed E-state index contributed by atoms with van der Waals surface area (Å²) in [6.45, 7) is 1.83. The van der Waals surface area contributed by atoms with Gasteiger partial charge in [-0.2, -0.15) is 5.10 Å². The Morgan fingerprint density at radius 3 is 2.63 bits per heavy atom. The molecule has 0 saturated heterocycles. The normalized spacial score (nSPS) is 19.0. The van der Waals surface area contributed by atoms with Crippen molar-refractivity contribution in [2.24, 2.45) is 0 Å². The number of amides is 1. The molecule has 7 heteroatoms. The van der Waals surface area contributed by atoms with Crippen LogP contribution in [0.25, 0.3) is 5.82 Å². The zero-order valence-electron chi connectivity index (χ0n) is 17.0. The molecule has 6 nitrogen and oxygen atoms in total. The molecule has 1 aliphatic carbocycles. The summed E-state index contributed by atoms with van der Waals surface area (Å²) in [6, 6.07) is 12.8. The zero-order valence-corrected chi connectivity index (χ0v) is 17.8. The van der Waals surface area contributed by atoms with Crippen molar-refractivity contribution in [1.29, 1.82) is 0 Å². The Balaban J connectivity index is 1.77. The summed E-state index contributed by atoms with van der Waals surface area (Å²) in [4.78, 5) is 32.7. The molecule has 0 spiro atoms. The maximum absolute atomic E-state index is 13.6. The van der Waals surface area contributed by atoms with Gasteiger partial charge >= 0.3 is 0 Å². The number of carbonyl (C=O) groups excluding carboxylic acids is 2. The minimum absolute atomic E-state index is 0.0208. The van der Waals surface area contributed by atoms with E-state index in [0.29, 0.717) is 40.5 Å². The summed E-state index contributed by atoms with van der Waals surface area (Å²) >= 11 is 6.51. The van der Waals surface area contributed by atoms with Crippen LogP contribution in [0.4, 0.5) is 0 Å². The lowest BCUT2D eigenvalue weighted by atomic mass is 9.74. The summed E-state index contributed by atoms with van der Waals surface area (Å²) in [5, 5.41) is 4.86. The Morgan fingerprint density at radius 2 is 1.93 bits per heavy atom. The highest BCUT2D eigenvalue weighted by molar-refractivity contribution is 6.31. The molecule has 4 rings (SSSR count). The molecule has 0 N–H and O–H groups in total. The highest BCUT2D eigenvalue weighted by Crippen LogP contribution is 2.42. The summed E-state index contributed by atoms with van der Waals surface area (Å²) < 4.78 is 1.63. The number of nitrogens with zero attached hydrogens (tertiary/aromatic N) is 4. The van der Waals surface area contributed by atoms with Crippen molar-refractivity contribution >= 4 is 23.3 Å². The molecule has 154 valence electrons.